The van der Waals surface area contributed by atoms with E-state index < -0.39 is 10.0 Å². The van der Waals surface area contributed by atoms with E-state index in [1.165, 1.54) is 0 Å². The minimum atomic E-state index is -3.94. The van der Waals surface area contributed by atoms with Gasteiger partial charge in [-0.05, 0) is 24.3 Å². The highest BCUT2D eigenvalue weighted by Crippen LogP contribution is 2.21. The zero-order chi connectivity index (χ0) is 19.4. The molecule has 27 heavy (non-hydrogen) atoms. The number of aromatic nitrogens is 4. The number of sulfonamides is 1. The Morgan fingerprint density at radius 3 is 2.70 bits per heavy atom. The summed E-state index contributed by atoms with van der Waals surface area (Å²) < 4.78 is 31.6. The van der Waals surface area contributed by atoms with Crippen LogP contribution in [0.15, 0.2) is 33.1 Å². The number of nitrogens with one attached hydrogen (secondary N) is 2. The van der Waals surface area contributed by atoms with E-state index in [1.54, 1.807) is 31.2 Å². The summed E-state index contributed by atoms with van der Waals surface area (Å²) in [6.07, 6.45) is 0.243. The number of carbonyl (C=O) groups excluding carboxylic acids is 1. The van der Waals surface area contributed by atoms with Gasteiger partial charge in [-0.3, -0.25) is 4.79 Å². The van der Waals surface area contributed by atoms with Crippen molar-refractivity contribution in [3.8, 4) is 11.4 Å². The summed E-state index contributed by atoms with van der Waals surface area (Å²) in [6, 6.07) is 6.79. The van der Waals surface area contributed by atoms with Crippen molar-refractivity contribution in [2.45, 2.75) is 24.2 Å². The zero-order valence-corrected chi connectivity index (χ0v) is 16.2. The Morgan fingerprint density at radius 2 is 2.00 bits per heavy atom. The second kappa shape index (κ2) is 8.08. The third kappa shape index (κ3) is 4.86. The lowest BCUT2D eigenvalue weighted by Gasteiger charge is -1.99. The van der Waals surface area contributed by atoms with E-state index in [2.05, 4.69) is 30.4 Å². The normalized spacial score (nSPS) is 11.5. The first-order chi connectivity index (χ1) is 12.9. The van der Waals surface area contributed by atoms with E-state index in [0.29, 0.717) is 16.4 Å². The third-order valence-corrected chi connectivity index (χ3v) is 6.05. The van der Waals surface area contributed by atoms with Gasteiger partial charge < -0.3 is 9.84 Å². The van der Waals surface area contributed by atoms with Gasteiger partial charge in [0.15, 0.2) is 0 Å². The van der Waals surface area contributed by atoms with Gasteiger partial charge in [0.2, 0.25) is 27.1 Å². The standard InChI is InChI=1S/C14H13ClN6O4S2/c1-2-10(22)17-13-19-20-14(26-13)27(23,24)16-7-11-18-12(21-25-11)8-3-5-9(15)6-4-8/h3-6,16H,2,7H2,1H3,(H,17,19,22). The molecule has 142 valence electrons. The summed E-state index contributed by atoms with van der Waals surface area (Å²) in [5.74, 6) is 0.0949. The molecule has 3 rings (SSSR count). The average molecular weight is 429 g/mol. The van der Waals surface area contributed by atoms with Gasteiger partial charge in [-0.15, -0.1) is 10.2 Å². The summed E-state index contributed by atoms with van der Waals surface area (Å²) in [5, 5.41) is 14.1. The first-order valence-corrected chi connectivity index (χ1v) is 10.3. The molecule has 0 radical (unpaired) electrons. The fourth-order valence-electron chi connectivity index (χ4n) is 1.84. The summed E-state index contributed by atoms with van der Waals surface area (Å²) in [7, 11) is -3.94. The lowest BCUT2D eigenvalue weighted by atomic mass is 10.2. The van der Waals surface area contributed by atoms with Gasteiger partial charge in [0.1, 0.15) is 0 Å². The summed E-state index contributed by atoms with van der Waals surface area (Å²) in [5.41, 5.74) is 0.678. The highest BCUT2D eigenvalue weighted by Gasteiger charge is 2.22. The predicted molar refractivity (Wildman–Crippen MR) is 97.6 cm³/mol. The molecule has 2 N–H and O–H groups in total. The van der Waals surface area contributed by atoms with Crippen molar-refractivity contribution in [2.75, 3.05) is 5.32 Å². The molecule has 0 unspecified atom stereocenters. The Balaban J connectivity index is 1.65. The number of carbonyl (C=O) groups is 1. The van der Waals surface area contributed by atoms with E-state index >= 15 is 0 Å². The molecule has 1 aromatic carbocycles. The molecule has 0 atom stereocenters. The maximum atomic E-state index is 12.3. The van der Waals surface area contributed by atoms with Gasteiger partial charge in [-0.25, -0.2) is 8.42 Å². The minimum Gasteiger partial charge on any atom is -0.338 e. The van der Waals surface area contributed by atoms with Crippen LogP contribution in [0.4, 0.5) is 5.13 Å². The molecule has 1 amide bonds. The predicted octanol–water partition coefficient (Wildman–Crippen LogP) is 2.07. The van der Waals surface area contributed by atoms with Gasteiger partial charge in [-0.1, -0.05) is 35.0 Å². The number of halogens is 1. The molecule has 0 saturated carbocycles. The summed E-state index contributed by atoms with van der Waals surface area (Å²) in [6.45, 7) is 1.44. The molecule has 13 heteroatoms. The number of benzene rings is 1. The first-order valence-electron chi connectivity index (χ1n) is 7.59. The van der Waals surface area contributed by atoms with Crippen LogP contribution in [0.2, 0.25) is 5.02 Å². The minimum absolute atomic E-state index is 0.0764. The Morgan fingerprint density at radius 1 is 1.26 bits per heavy atom. The lowest BCUT2D eigenvalue weighted by Crippen LogP contribution is -2.23. The van der Waals surface area contributed by atoms with Crippen molar-refractivity contribution < 1.29 is 17.7 Å². The van der Waals surface area contributed by atoms with Crippen LogP contribution >= 0.6 is 22.9 Å². The molecule has 0 bridgehead atoms. The van der Waals surface area contributed by atoms with Crippen LogP contribution in [0.25, 0.3) is 11.4 Å². The molecule has 3 aromatic rings. The van der Waals surface area contributed by atoms with Gasteiger partial charge in [0.05, 0.1) is 6.54 Å². The zero-order valence-electron chi connectivity index (χ0n) is 13.8. The smallest absolute Gasteiger partial charge is 0.270 e. The molecule has 2 heterocycles. The van der Waals surface area contributed by atoms with Crippen molar-refractivity contribution in [1.82, 2.24) is 25.1 Å². The molecular formula is C14H13ClN6O4S2. The molecule has 0 aliphatic rings. The van der Waals surface area contributed by atoms with Gasteiger partial charge in [-0.2, -0.15) is 9.71 Å². The number of amides is 1. The third-order valence-electron chi connectivity index (χ3n) is 3.19. The lowest BCUT2D eigenvalue weighted by molar-refractivity contribution is -0.115. The largest absolute Gasteiger partial charge is 0.338 e. The molecule has 0 aliphatic heterocycles. The number of rotatable bonds is 7. The Labute approximate surface area is 163 Å². The van der Waals surface area contributed by atoms with Crippen LogP contribution in [-0.2, 0) is 21.4 Å². The Kier molecular flexibility index (Phi) is 5.79. The topological polar surface area (TPSA) is 140 Å². The quantitative estimate of drug-likeness (QED) is 0.545. The highest BCUT2D eigenvalue weighted by atomic mass is 35.5. The van der Waals surface area contributed by atoms with E-state index in [-0.39, 0.29) is 34.2 Å². The summed E-state index contributed by atoms with van der Waals surface area (Å²) in [4.78, 5) is 15.4. The Bertz CT molecular complexity index is 1050. The second-order valence-corrected chi connectivity index (χ2v) is 8.47. The maximum Gasteiger partial charge on any atom is 0.270 e. The van der Waals surface area contributed by atoms with Crippen molar-refractivity contribution in [3.63, 3.8) is 0 Å². The molecule has 2 aromatic heterocycles. The molecule has 0 fully saturated rings. The fraction of sp³-hybridized carbons (Fsp3) is 0.214. The number of hydrogen-bond acceptors (Lipinski definition) is 9. The number of anilines is 1. The van der Waals surface area contributed by atoms with Gasteiger partial charge in [0, 0.05) is 17.0 Å². The average Bonchev–Trinajstić information content (AvgIpc) is 3.30. The SMILES string of the molecule is CCC(=O)Nc1nnc(S(=O)(=O)NCc2nc(-c3ccc(Cl)cc3)no2)s1. The second-order valence-electron chi connectivity index (χ2n) is 5.12. The molecule has 0 saturated heterocycles. The molecule has 10 nitrogen and oxygen atoms in total. The monoisotopic (exact) mass is 428 g/mol. The van der Waals surface area contributed by atoms with Crippen LogP contribution < -0.4 is 10.0 Å². The van der Waals surface area contributed by atoms with Crippen molar-refractivity contribution in [3.05, 3.63) is 35.2 Å². The van der Waals surface area contributed by atoms with Crippen LogP contribution in [0.5, 0.6) is 0 Å². The van der Waals surface area contributed by atoms with Crippen LogP contribution in [0.3, 0.4) is 0 Å². The van der Waals surface area contributed by atoms with E-state index in [1.807, 2.05) is 0 Å². The van der Waals surface area contributed by atoms with E-state index in [9.17, 15) is 13.2 Å². The van der Waals surface area contributed by atoms with Crippen LogP contribution in [0.1, 0.15) is 19.2 Å². The number of nitrogens with zero attached hydrogens (tertiary/aromatic N) is 4. The van der Waals surface area contributed by atoms with Crippen molar-refractivity contribution >= 4 is 44.0 Å². The van der Waals surface area contributed by atoms with Crippen molar-refractivity contribution in [2.24, 2.45) is 0 Å². The molecule has 0 aliphatic carbocycles. The highest BCUT2D eigenvalue weighted by molar-refractivity contribution is 7.91. The van der Waals surface area contributed by atoms with Crippen LogP contribution in [0, 0.1) is 0 Å². The number of hydrogen-bond donors (Lipinski definition) is 2. The Hall–Kier alpha value is -2.41. The maximum absolute atomic E-state index is 12.3. The van der Waals surface area contributed by atoms with E-state index in [4.69, 9.17) is 16.1 Å². The molecule has 0 spiro atoms. The van der Waals surface area contributed by atoms with E-state index in [0.717, 1.165) is 11.3 Å². The van der Waals surface area contributed by atoms with Crippen LogP contribution in [-0.4, -0.2) is 34.7 Å². The first kappa shape index (κ1) is 19.4. The molecular weight excluding hydrogens is 416 g/mol. The fourth-order valence-corrected chi connectivity index (χ4v) is 3.90. The summed E-state index contributed by atoms with van der Waals surface area (Å²) >= 11 is 6.56. The van der Waals surface area contributed by atoms with Crippen molar-refractivity contribution in [1.29, 1.82) is 0 Å². The van der Waals surface area contributed by atoms with Gasteiger partial charge >= 0.3 is 0 Å². The van der Waals surface area contributed by atoms with Gasteiger partial charge in [0.25, 0.3) is 10.0 Å².